The van der Waals surface area contributed by atoms with Gasteiger partial charge in [-0.25, -0.2) is 14.6 Å². The Morgan fingerprint density at radius 1 is 1.13 bits per heavy atom. The van der Waals surface area contributed by atoms with E-state index in [1.807, 2.05) is 18.4 Å². The molecule has 2 heterocycles. The van der Waals surface area contributed by atoms with E-state index >= 15 is 0 Å². The highest BCUT2D eigenvalue weighted by Crippen LogP contribution is 2.23. The lowest BCUT2D eigenvalue weighted by molar-refractivity contribution is 0.0952. The molecule has 0 saturated carbocycles. The van der Waals surface area contributed by atoms with Crippen LogP contribution in [0, 0.1) is 0 Å². The summed E-state index contributed by atoms with van der Waals surface area (Å²) >= 11 is 1.49. The number of benzene rings is 1. The fourth-order valence-corrected chi connectivity index (χ4v) is 3.34. The highest BCUT2D eigenvalue weighted by molar-refractivity contribution is 7.98. The van der Waals surface area contributed by atoms with E-state index in [0.717, 1.165) is 48.4 Å². The maximum Gasteiger partial charge on any atom is 0.251 e. The van der Waals surface area contributed by atoms with E-state index in [1.165, 1.54) is 11.8 Å². The van der Waals surface area contributed by atoms with Gasteiger partial charge in [-0.2, -0.15) is 5.10 Å². The first kappa shape index (κ1) is 22.9. The van der Waals surface area contributed by atoms with Gasteiger partial charge in [-0.3, -0.25) is 4.79 Å². The average Bonchev–Trinajstić information content (AvgIpc) is 3.21. The van der Waals surface area contributed by atoms with Gasteiger partial charge in [0.05, 0.1) is 24.7 Å². The minimum atomic E-state index is -0.124. The molecule has 0 unspecified atom stereocenters. The van der Waals surface area contributed by atoms with Crippen LogP contribution in [-0.2, 0) is 6.54 Å². The Hall–Kier alpha value is -2.81. The number of unbranched alkanes of at least 4 members (excludes halogenated alkanes) is 1. The Labute approximate surface area is 187 Å². The SMILES string of the molecule is CCCCOc1ccc(C(=O)NCCn2ncc3c(NCCC)nc(SC)nc32)cc1. The van der Waals surface area contributed by atoms with Gasteiger partial charge in [0.1, 0.15) is 11.6 Å². The molecular weight excluding hydrogens is 412 g/mol. The second-order valence-corrected chi connectivity index (χ2v) is 7.85. The van der Waals surface area contributed by atoms with Gasteiger partial charge in [0.2, 0.25) is 0 Å². The third kappa shape index (κ3) is 6.10. The molecule has 2 aromatic heterocycles. The molecule has 8 nitrogen and oxygen atoms in total. The number of fused-ring (bicyclic) bond motifs is 1. The number of thioether (sulfide) groups is 1. The van der Waals surface area contributed by atoms with Gasteiger partial charge < -0.3 is 15.4 Å². The molecule has 0 aliphatic heterocycles. The molecule has 9 heteroatoms. The van der Waals surface area contributed by atoms with E-state index in [9.17, 15) is 4.79 Å². The molecule has 1 amide bonds. The van der Waals surface area contributed by atoms with Gasteiger partial charge in [0.25, 0.3) is 5.91 Å². The summed E-state index contributed by atoms with van der Waals surface area (Å²) in [7, 11) is 0. The zero-order valence-electron chi connectivity index (χ0n) is 18.4. The van der Waals surface area contributed by atoms with Crippen molar-refractivity contribution >= 4 is 34.5 Å². The van der Waals surface area contributed by atoms with Crippen molar-refractivity contribution in [2.24, 2.45) is 0 Å². The summed E-state index contributed by atoms with van der Waals surface area (Å²) in [6.45, 7) is 6.73. The molecule has 0 atom stereocenters. The fraction of sp³-hybridized carbons (Fsp3) is 0.455. The number of hydrogen-bond acceptors (Lipinski definition) is 7. The smallest absolute Gasteiger partial charge is 0.251 e. The molecule has 31 heavy (non-hydrogen) atoms. The highest BCUT2D eigenvalue weighted by atomic mass is 32.2. The summed E-state index contributed by atoms with van der Waals surface area (Å²) < 4.78 is 7.45. The minimum absolute atomic E-state index is 0.124. The van der Waals surface area contributed by atoms with Gasteiger partial charge >= 0.3 is 0 Å². The number of anilines is 1. The van der Waals surface area contributed by atoms with Crippen LogP contribution < -0.4 is 15.4 Å². The lowest BCUT2D eigenvalue weighted by atomic mass is 10.2. The second-order valence-electron chi connectivity index (χ2n) is 7.07. The predicted octanol–water partition coefficient (Wildman–Crippen LogP) is 3.98. The predicted molar refractivity (Wildman–Crippen MR) is 125 cm³/mol. The molecule has 0 fully saturated rings. The first-order valence-electron chi connectivity index (χ1n) is 10.7. The number of aromatic nitrogens is 4. The van der Waals surface area contributed by atoms with Crippen LogP contribution >= 0.6 is 11.8 Å². The highest BCUT2D eigenvalue weighted by Gasteiger charge is 2.13. The largest absolute Gasteiger partial charge is 0.494 e. The number of hydrogen-bond donors (Lipinski definition) is 2. The van der Waals surface area contributed by atoms with E-state index in [4.69, 9.17) is 4.74 Å². The van der Waals surface area contributed by atoms with E-state index in [0.29, 0.717) is 30.4 Å². The molecule has 0 aliphatic carbocycles. The normalized spacial score (nSPS) is 10.9. The summed E-state index contributed by atoms with van der Waals surface area (Å²) in [4.78, 5) is 21.6. The van der Waals surface area contributed by atoms with Crippen molar-refractivity contribution in [3.63, 3.8) is 0 Å². The Morgan fingerprint density at radius 3 is 2.65 bits per heavy atom. The Bertz CT molecular complexity index is 990. The number of rotatable bonds is 12. The fourth-order valence-electron chi connectivity index (χ4n) is 2.98. The van der Waals surface area contributed by atoms with Crippen molar-refractivity contribution in [1.29, 1.82) is 0 Å². The molecular formula is C22H30N6O2S. The van der Waals surface area contributed by atoms with E-state index in [1.54, 1.807) is 23.0 Å². The van der Waals surface area contributed by atoms with E-state index in [-0.39, 0.29) is 5.91 Å². The van der Waals surface area contributed by atoms with Crippen molar-refractivity contribution in [3.05, 3.63) is 36.0 Å². The number of carbonyl (C=O) groups excluding carboxylic acids is 1. The Morgan fingerprint density at radius 2 is 1.94 bits per heavy atom. The quantitative estimate of drug-likeness (QED) is 0.249. The van der Waals surface area contributed by atoms with Crippen molar-refractivity contribution in [3.8, 4) is 5.75 Å². The standard InChI is InChI=1S/C22H30N6O2S/c1-4-6-14-30-17-9-7-16(8-10-17)21(29)24-12-13-28-20-18(15-25-28)19(23-11-5-2)26-22(27-20)31-3/h7-10,15H,4-6,11-14H2,1-3H3,(H,24,29)(H,23,26,27). The zero-order chi connectivity index (χ0) is 22.1. The number of amides is 1. The summed E-state index contributed by atoms with van der Waals surface area (Å²) in [6, 6.07) is 7.22. The van der Waals surface area contributed by atoms with Gasteiger partial charge in [-0.15, -0.1) is 0 Å². The number of ether oxygens (including phenoxy) is 1. The maximum atomic E-state index is 12.5. The molecule has 0 bridgehead atoms. The molecule has 1 aromatic carbocycles. The minimum Gasteiger partial charge on any atom is -0.494 e. The molecule has 2 N–H and O–H groups in total. The van der Waals surface area contributed by atoms with Gasteiger partial charge in [0, 0.05) is 18.7 Å². The summed E-state index contributed by atoms with van der Waals surface area (Å²) in [5, 5.41) is 12.3. The molecule has 0 saturated heterocycles. The van der Waals surface area contributed by atoms with Crippen LogP contribution in [0.3, 0.4) is 0 Å². The van der Waals surface area contributed by atoms with Crippen LogP contribution in [0.2, 0.25) is 0 Å². The van der Waals surface area contributed by atoms with Gasteiger partial charge in [-0.05, 0) is 43.4 Å². The zero-order valence-corrected chi connectivity index (χ0v) is 19.2. The number of nitrogens with one attached hydrogen (secondary N) is 2. The number of nitrogens with zero attached hydrogens (tertiary/aromatic N) is 4. The van der Waals surface area contributed by atoms with E-state index < -0.39 is 0 Å². The Kier molecular flexibility index (Phi) is 8.52. The monoisotopic (exact) mass is 442 g/mol. The van der Waals surface area contributed by atoms with Crippen molar-refractivity contribution in [1.82, 2.24) is 25.1 Å². The van der Waals surface area contributed by atoms with E-state index in [2.05, 4.69) is 39.5 Å². The molecule has 3 aromatic rings. The lowest BCUT2D eigenvalue weighted by Gasteiger charge is -2.09. The summed E-state index contributed by atoms with van der Waals surface area (Å²) in [5.74, 6) is 1.46. The third-order valence-corrected chi connectivity index (χ3v) is 5.24. The van der Waals surface area contributed by atoms with Crippen LogP contribution in [0.1, 0.15) is 43.5 Å². The van der Waals surface area contributed by atoms with Crippen molar-refractivity contribution in [2.45, 2.75) is 44.8 Å². The van der Waals surface area contributed by atoms with Crippen molar-refractivity contribution in [2.75, 3.05) is 31.3 Å². The maximum absolute atomic E-state index is 12.5. The second kappa shape index (κ2) is 11.5. The van der Waals surface area contributed by atoms with Gasteiger partial charge in [-0.1, -0.05) is 32.0 Å². The molecule has 0 spiro atoms. The molecule has 0 radical (unpaired) electrons. The summed E-state index contributed by atoms with van der Waals surface area (Å²) in [6.07, 6.45) is 6.84. The third-order valence-electron chi connectivity index (χ3n) is 4.69. The van der Waals surface area contributed by atoms with Crippen LogP contribution in [0.25, 0.3) is 11.0 Å². The topological polar surface area (TPSA) is 94.0 Å². The Balaban J connectivity index is 1.60. The average molecular weight is 443 g/mol. The van der Waals surface area contributed by atoms with Crippen LogP contribution in [0.5, 0.6) is 5.75 Å². The molecule has 166 valence electrons. The lowest BCUT2D eigenvalue weighted by Crippen LogP contribution is -2.27. The van der Waals surface area contributed by atoms with Crippen LogP contribution in [-0.4, -0.2) is 51.6 Å². The first-order chi connectivity index (χ1) is 15.2. The van der Waals surface area contributed by atoms with Crippen LogP contribution in [0.4, 0.5) is 5.82 Å². The number of carbonyl (C=O) groups is 1. The summed E-state index contributed by atoms with van der Waals surface area (Å²) in [5.41, 5.74) is 1.37. The van der Waals surface area contributed by atoms with Crippen LogP contribution in [0.15, 0.2) is 35.6 Å². The van der Waals surface area contributed by atoms with Crippen molar-refractivity contribution < 1.29 is 9.53 Å². The van der Waals surface area contributed by atoms with Gasteiger partial charge in [0.15, 0.2) is 10.8 Å². The molecule has 3 rings (SSSR count). The first-order valence-corrected chi connectivity index (χ1v) is 11.9. The molecule has 0 aliphatic rings.